The van der Waals surface area contributed by atoms with Gasteiger partial charge in [0.25, 0.3) is 6.71 Å². The molecule has 12 rings (SSSR count). The highest BCUT2D eigenvalue weighted by Gasteiger charge is 2.41. The van der Waals surface area contributed by atoms with Crippen molar-refractivity contribution in [3.63, 3.8) is 0 Å². The number of hydrogen-bond donors (Lipinski definition) is 0. The number of rotatable bonds is 5. The number of ether oxygens (including phenoxy) is 1. The number of aromatic nitrogens is 1. The summed E-state index contributed by atoms with van der Waals surface area (Å²) < 4.78 is 9.82. The summed E-state index contributed by atoms with van der Waals surface area (Å²) in [4.78, 5) is 0. The Bertz CT molecular complexity index is 3490. The van der Waals surface area contributed by atoms with Crippen molar-refractivity contribution >= 4 is 44.9 Å². The van der Waals surface area contributed by atoms with Crippen LogP contribution in [0.15, 0.2) is 170 Å². The van der Waals surface area contributed by atoms with Crippen LogP contribution in [0.25, 0.3) is 83.1 Å². The number of hydrogen-bond acceptors (Lipinski definition) is 1. The molecule has 0 aliphatic carbocycles. The average Bonchev–Trinajstić information content (AvgIpc) is 3.61. The summed E-state index contributed by atoms with van der Waals surface area (Å²) in [6.07, 6.45) is 0. The molecule has 0 amide bonds. The van der Waals surface area contributed by atoms with Gasteiger partial charge in [0, 0.05) is 22.0 Å². The Balaban J connectivity index is 1.21. The van der Waals surface area contributed by atoms with Crippen molar-refractivity contribution in [3.05, 3.63) is 203 Å². The molecule has 0 saturated heterocycles. The largest absolute Gasteiger partial charge is 0.458 e. The summed E-state index contributed by atoms with van der Waals surface area (Å²) in [5, 5.41) is 2.54. The smallest absolute Gasteiger partial charge is 0.256 e. The zero-order valence-corrected chi connectivity index (χ0v) is 36.6. The van der Waals surface area contributed by atoms with Crippen LogP contribution in [0.3, 0.4) is 0 Å². The zero-order valence-electron chi connectivity index (χ0n) is 36.6. The minimum absolute atomic E-state index is 0.0478. The van der Waals surface area contributed by atoms with Crippen LogP contribution in [0.2, 0.25) is 0 Å². The van der Waals surface area contributed by atoms with Crippen molar-refractivity contribution in [3.8, 4) is 72.8 Å². The molecule has 3 heterocycles. The Morgan fingerprint density at radius 2 is 0.952 bits per heavy atom. The molecule has 0 bridgehead atoms. The lowest BCUT2D eigenvalue weighted by molar-refractivity contribution is 0.487. The van der Waals surface area contributed by atoms with Crippen LogP contribution in [0.4, 0.5) is 0 Å². The van der Waals surface area contributed by atoms with E-state index >= 15 is 0 Å². The lowest BCUT2D eigenvalue weighted by Gasteiger charge is -2.34. The third kappa shape index (κ3) is 5.80. The highest BCUT2D eigenvalue weighted by molar-refractivity contribution is 6.99. The maximum absolute atomic E-state index is 7.26. The lowest BCUT2D eigenvalue weighted by Crippen LogP contribution is -2.58. The standard InChI is InChI=1S/C60H46BNO/c1-35-25-37(3)57(38(4)26-35)44-22-24-53-49(29-44)50-30-46(58-39(5)27-36(2)28-40(58)6)31-52-60(50)62(53)54-32-45(48-20-14-13-19-47(48)42-17-11-8-12-18-42)34-56-59(54)61(52)51-23-21-43(33-55(51)63-56)41-15-9-7-10-16-41/h7-34H,1-6H3. The third-order valence-electron chi connectivity index (χ3n) is 13.8. The quantitative estimate of drug-likeness (QED) is 0.158. The molecule has 3 heteroatoms. The van der Waals surface area contributed by atoms with Crippen molar-refractivity contribution in [1.82, 2.24) is 4.57 Å². The lowest BCUT2D eigenvalue weighted by atomic mass is 9.34. The number of nitrogens with zero attached hydrogens (tertiary/aromatic N) is 1. The minimum Gasteiger partial charge on any atom is -0.458 e. The van der Waals surface area contributed by atoms with Gasteiger partial charge >= 0.3 is 0 Å². The van der Waals surface area contributed by atoms with Crippen LogP contribution in [0, 0.1) is 41.5 Å². The van der Waals surface area contributed by atoms with E-state index in [0.717, 1.165) is 22.6 Å². The molecule has 0 N–H and O–H groups in total. The molecule has 0 atom stereocenters. The molecular weight excluding hydrogens is 761 g/mol. The fourth-order valence-corrected chi connectivity index (χ4v) is 11.4. The van der Waals surface area contributed by atoms with Gasteiger partial charge in [-0.25, -0.2) is 0 Å². The molecule has 300 valence electrons. The number of fused-ring (bicyclic) bond motifs is 7. The first kappa shape index (κ1) is 37.4. The first-order chi connectivity index (χ1) is 30.7. The molecule has 0 saturated carbocycles. The molecular formula is C60H46BNO. The molecule has 2 nitrogen and oxygen atoms in total. The second-order valence-corrected chi connectivity index (χ2v) is 18.0. The highest BCUT2D eigenvalue weighted by atomic mass is 16.5. The molecule has 0 unspecified atom stereocenters. The zero-order chi connectivity index (χ0) is 42.7. The topological polar surface area (TPSA) is 14.2 Å². The molecule has 0 spiro atoms. The van der Waals surface area contributed by atoms with E-state index in [-0.39, 0.29) is 6.71 Å². The molecule has 63 heavy (non-hydrogen) atoms. The van der Waals surface area contributed by atoms with E-state index in [1.807, 2.05) is 0 Å². The van der Waals surface area contributed by atoms with E-state index in [1.165, 1.54) is 122 Å². The van der Waals surface area contributed by atoms with Crippen LogP contribution in [0.1, 0.15) is 33.4 Å². The van der Waals surface area contributed by atoms with Gasteiger partial charge in [-0.1, -0.05) is 145 Å². The van der Waals surface area contributed by atoms with E-state index in [4.69, 9.17) is 4.74 Å². The molecule has 0 radical (unpaired) electrons. The van der Waals surface area contributed by atoms with Gasteiger partial charge in [0.2, 0.25) is 0 Å². The van der Waals surface area contributed by atoms with Crippen molar-refractivity contribution in [2.45, 2.75) is 41.5 Å². The van der Waals surface area contributed by atoms with E-state index in [2.05, 4.69) is 216 Å². The van der Waals surface area contributed by atoms with Crippen LogP contribution in [0.5, 0.6) is 11.5 Å². The molecule has 2 aliphatic rings. The normalized spacial score (nSPS) is 12.4. The SMILES string of the molecule is Cc1cc(C)c(-c2ccc3c(c2)c2cc(-c4c(C)cc(C)cc4C)cc4c2n3-c2cc(-c3ccccc3-c3ccccc3)cc3c2B4c2ccc(-c4ccccc4)cc2O3)c(C)c1. The van der Waals surface area contributed by atoms with Gasteiger partial charge in [0.05, 0.1) is 5.52 Å². The van der Waals surface area contributed by atoms with Gasteiger partial charge in [-0.05, 0) is 172 Å². The Morgan fingerprint density at radius 3 is 1.62 bits per heavy atom. The maximum Gasteiger partial charge on any atom is 0.256 e. The summed E-state index contributed by atoms with van der Waals surface area (Å²) >= 11 is 0. The highest BCUT2D eigenvalue weighted by Crippen LogP contribution is 2.45. The monoisotopic (exact) mass is 807 g/mol. The molecule has 10 aromatic rings. The van der Waals surface area contributed by atoms with E-state index in [0.29, 0.717) is 0 Å². The average molecular weight is 808 g/mol. The van der Waals surface area contributed by atoms with E-state index in [9.17, 15) is 0 Å². The summed E-state index contributed by atoms with van der Waals surface area (Å²) in [5.41, 5.74) is 27.3. The second-order valence-electron chi connectivity index (χ2n) is 18.0. The fraction of sp³-hybridized carbons (Fsp3) is 0.100. The van der Waals surface area contributed by atoms with Gasteiger partial charge in [-0.2, -0.15) is 0 Å². The Hall–Kier alpha value is -7.36. The predicted octanol–water partition coefficient (Wildman–Crippen LogP) is 13.9. The fourth-order valence-electron chi connectivity index (χ4n) is 11.4. The van der Waals surface area contributed by atoms with Gasteiger partial charge in [-0.15, -0.1) is 0 Å². The van der Waals surface area contributed by atoms with Crippen LogP contribution in [-0.2, 0) is 0 Å². The summed E-state index contributed by atoms with van der Waals surface area (Å²) in [6.45, 7) is 13.4. The number of benzene rings is 9. The van der Waals surface area contributed by atoms with Crippen LogP contribution < -0.4 is 21.1 Å². The Labute approximate surface area is 370 Å². The minimum atomic E-state index is -0.0478. The maximum atomic E-state index is 7.26. The molecule has 1 aromatic heterocycles. The van der Waals surface area contributed by atoms with E-state index < -0.39 is 0 Å². The third-order valence-corrected chi connectivity index (χ3v) is 13.8. The van der Waals surface area contributed by atoms with Gasteiger partial charge in [-0.3, -0.25) is 0 Å². The van der Waals surface area contributed by atoms with Gasteiger partial charge in [0.1, 0.15) is 11.5 Å². The van der Waals surface area contributed by atoms with Crippen molar-refractivity contribution in [1.29, 1.82) is 0 Å². The van der Waals surface area contributed by atoms with Gasteiger partial charge in [0.15, 0.2) is 0 Å². The van der Waals surface area contributed by atoms with E-state index in [1.54, 1.807) is 0 Å². The van der Waals surface area contributed by atoms with Crippen molar-refractivity contribution in [2.75, 3.05) is 0 Å². The first-order valence-electron chi connectivity index (χ1n) is 22.2. The van der Waals surface area contributed by atoms with Gasteiger partial charge < -0.3 is 9.30 Å². The molecule has 2 aliphatic heterocycles. The summed E-state index contributed by atoms with van der Waals surface area (Å²) in [5.74, 6) is 1.82. The summed E-state index contributed by atoms with van der Waals surface area (Å²) in [6, 6.07) is 63.3. The number of aryl methyl sites for hydroxylation is 6. The summed E-state index contributed by atoms with van der Waals surface area (Å²) in [7, 11) is 0. The van der Waals surface area contributed by atoms with Crippen LogP contribution >= 0.6 is 0 Å². The second kappa shape index (κ2) is 14.1. The van der Waals surface area contributed by atoms with Crippen molar-refractivity contribution in [2.24, 2.45) is 0 Å². The molecule has 0 fully saturated rings. The van der Waals surface area contributed by atoms with Crippen LogP contribution in [-0.4, -0.2) is 11.3 Å². The Kier molecular flexibility index (Phi) is 8.37. The Morgan fingerprint density at radius 1 is 0.397 bits per heavy atom. The van der Waals surface area contributed by atoms with Crippen molar-refractivity contribution < 1.29 is 4.74 Å². The predicted molar refractivity (Wildman–Crippen MR) is 268 cm³/mol. The molecule has 9 aromatic carbocycles. The first-order valence-corrected chi connectivity index (χ1v) is 22.2.